The smallest absolute Gasteiger partial charge is 0.293 e. The summed E-state index contributed by atoms with van der Waals surface area (Å²) < 4.78 is 0. The van der Waals surface area contributed by atoms with Gasteiger partial charge in [0, 0.05) is 0 Å². The van der Waals surface area contributed by atoms with E-state index in [-0.39, 0.29) is 11.7 Å². The second-order valence-corrected chi connectivity index (χ2v) is 3.44. The Morgan fingerprint density at radius 1 is 1.50 bits per heavy atom. The van der Waals surface area contributed by atoms with Crippen LogP contribution in [0.15, 0.2) is 18.5 Å². The van der Waals surface area contributed by atoms with Crippen molar-refractivity contribution in [3.63, 3.8) is 0 Å². The molecule has 0 saturated carbocycles. The number of rotatable bonds is 2. The molecule has 0 fully saturated rings. The maximum Gasteiger partial charge on any atom is 0.293 e. The number of carbonyl (C=O) groups excluding carboxylic acids is 1. The highest BCUT2D eigenvalue weighted by atomic mass is 35.5. The molecule has 7 heteroatoms. The molecule has 0 aromatic carbocycles. The van der Waals surface area contributed by atoms with Gasteiger partial charge in [-0.2, -0.15) is 5.10 Å². The van der Waals surface area contributed by atoms with Crippen LogP contribution in [-0.4, -0.2) is 26.1 Å². The first-order valence-corrected chi connectivity index (χ1v) is 4.84. The number of H-pyrrole nitrogens is 1. The van der Waals surface area contributed by atoms with E-state index in [1.165, 1.54) is 6.33 Å². The van der Waals surface area contributed by atoms with E-state index in [1.807, 2.05) is 0 Å². The number of aromatic amines is 1. The fraction of sp³-hybridized carbons (Fsp3) is 0.111. The van der Waals surface area contributed by atoms with E-state index in [4.69, 9.17) is 11.6 Å². The van der Waals surface area contributed by atoms with Crippen molar-refractivity contribution in [3.05, 3.63) is 35.1 Å². The Bertz CT molecular complexity index is 511. The Labute approximate surface area is 96.1 Å². The molecule has 0 aliphatic carbocycles. The molecule has 82 valence electrons. The molecule has 1 amide bonds. The third kappa shape index (κ3) is 2.17. The highest BCUT2D eigenvalue weighted by Crippen LogP contribution is 2.15. The van der Waals surface area contributed by atoms with E-state index in [0.29, 0.717) is 16.5 Å². The quantitative estimate of drug-likeness (QED) is 0.774. The number of hydrogen-bond donors (Lipinski definition) is 2. The SMILES string of the molecule is Cc1nc(Cl)ccc1NC(=O)c1ncn[nH]1. The maximum atomic E-state index is 11.6. The minimum absolute atomic E-state index is 0.148. The van der Waals surface area contributed by atoms with E-state index >= 15 is 0 Å². The normalized spacial score (nSPS) is 10.1. The maximum absolute atomic E-state index is 11.6. The second-order valence-electron chi connectivity index (χ2n) is 3.06. The summed E-state index contributed by atoms with van der Waals surface area (Å²) in [6, 6.07) is 3.28. The van der Waals surface area contributed by atoms with Crippen molar-refractivity contribution in [2.45, 2.75) is 6.92 Å². The molecule has 0 atom stereocenters. The largest absolute Gasteiger partial charge is 0.318 e. The predicted molar refractivity (Wildman–Crippen MR) is 58.3 cm³/mol. The van der Waals surface area contributed by atoms with E-state index in [1.54, 1.807) is 19.1 Å². The molecule has 2 aromatic rings. The zero-order chi connectivity index (χ0) is 11.5. The molecule has 2 rings (SSSR count). The molecular formula is C9H8ClN5O. The molecule has 2 heterocycles. The third-order valence-corrected chi connectivity index (χ3v) is 2.14. The van der Waals surface area contributed by atoms with Gasteiger partial charge in [0.25, 0.3) is 5.91 Å². The van der Waals surface area contributed by atoms with Crippen LogP contribution in [0.3, 0.4) is 0 Å². The van der Waals surface area contributed by atoms with Gasteiger partial charge in [-0.25, -0.2) is 9.97 Å². The topological polar surface area (TPSA) is 83.6 Å². The summed E-state index contributed by atoms with van der Waals surface area (Å²) in [4.78, 5) is 19.4. The minimum atomic E-state index is -0.371. The zero-order valence-corrected chi connectivity index (χ0v) is 9.12. The summed E-state index contributed by atoms with van der Waals surface area (Å²) in [6.45, 7) is 1.75. The van der Waals surface area contributed by atoms with Gasteiger partial charge in [0.15, 0.2) is 0 Å². The second kappa shape index (κ2) is 4.28. The van der Waals surface area contributed by atoms with E-state index in [0.717, 1.165) is 0 Å². The van der Waals surface area contributed by atoms with Gasteiger partial charge in [-0.1, -0.05) is 11.6 Å². The molecular weight excluding hydrogens is 230 g/mol. The van der Waals surface area contributed by atoms with Crippen LogP contribution in [0, 0.1) is 6.92 Å². The lowest BCUT2D eigenvalue weighted by Gasteiger charge is -2.05. The Kier molecular flexibility index (Phi) is 2.82. The first kappa shape index (κ1) is 10.6. The van der Waals surface area contributed by atoms with Gasteiger partial charge >= 0.3 is 0 Å². The number of aryl methyl sites for hydroxylation is 1. The summed E-state index contributed by atoms with van der Waals surface area (Å²) in [5.41, 5.74) is 1.23. The number of nitrogens with one attached hydrogen (secondary N) is 2. The van der Waals surface area contributed by atoms with Crippen LogP contribution in [-0.2, 0) is 0 Å². The van der Waals surface area contributed by atoms with Crippen LogP contribution in [0.2, 0.25) is 5.15 Å². The zero-order valence-electron chi connectivity index (χ0n) is 8.36. The molecule has 6 nitrogen and oxygen atoms in total. The molecule has 0 radical (unpaired) electrons. The van der Waals surface area contributed by atoms with Gasteiger partial charge in [0.2, 0.25) is 5.82 Å². The fourth-order valence-corrected chi connectivity index (χ4v) is 1.35. The van der Waals surface area contributed by atoms with E-state index in [9.17, 15) is 4.79 Å². The summed E-state index contributed by atoms with van der Waals surface area (Å²) in [5, 5.41) is 9.09. The van der Waals surface area contributed by atoms with Crippen molar-refractivity contribution in [1.82, 2.24) is 20.2 Å². The molecule has 0 bridgehead atoms. The number of aromatic nitrogens is 4. The molecule has 0 spiro atoms. The van der Waals surface area contributed by atoms with Crippen LogP contribution in [0.1, 0.15) is 16.3 Å². The minimum Gasteiger partial charge on any atom is -0.318 e. The first-order valence-electron chi connectivity index (χ1n) is 4.46. The van der Waals surface area contributed by atoms with Crippen LogP contribution in [0.25, 0.3) is 0 Å². The van der Waals surface area contributed by atoms with Gasteiger partial charge in [-0.15, -0.1) is 0 Å². The summed E-state index contributed by atoms with van der Waals surface area (Å²) in [7, 11) is 0. The Balaban J connectivity index is 2.18. The van der Waals surface area contributed by atoms with Crippen LogP contribution in [0.4, 0.5) is 5.69 Å². The number of nitrogens with zero attached hydrogens (tertiary/aromatic N) is 3. The molecule has 2 N–H and O–H groups in total. The van der Waals surface area contributed by atoms with Crippen molar-refractivity contribution in [2.75, 3.05) is 5.32 Å². The van der Waals surface area contributed by atoms with Crippen LogP contribution < -0.4 is 5.32 Å². The molecule has 0 aliphatic heterocycles. The van der Waals surface area contributed by atoms with E-state index < -0.39 is 0 Å². The van der Waals surface area contributed by atoms with Crippen LogP contribution in [0.5, 0.6) is 0 Å². The van der Waals surface area contributed by atoms with E-state index in [2.05, 4.69) is 25.5 Å². The number of carbonyl (C=O) groups is 1. The molecule has 2 aromatic heterocycles. The average Bonchev–Trinajstić information content (AvgIpc) is 2.75. The monoisotopic (exact) mass is 237 g/mol. The lowest BCUT2D eigenvalue weighted by molar-refractivity contribution is 0.101. The Morgan fingerprint density at radius 2 is 2.31 bits per heavy atom. The van der Waals surface area contributed by atoms with Gasteiger partial charge in [-0.3, -0.25) is 9.89 Å². The predicted octanol–water partition coefficient (Wildman–Crippen LogP) is 1.41. The first-order chi connectivity index (χ1) is 7.66. The number of halogens is 1. The number of amides is 1. The fourth-order valence-electron chi connectivity index (χ4n) is 1.16. The highest BCUT2D eigenvalue weighted by molar-refractivity contribution is 6.29. The van der Waals surface area contributed by atoms with Gasteiger partial charge < -0.3 is 5.32 Å². The molecule has 0 saturated heterocycles. The molecule has 0 aliphatic rings. The summed E-state index contributed by atoms with van der Waals surface area (Å²) in [5.74, 6) is -0.223. The lowest BCUT2D eigenvalue weighted by Crippen LogP contribution is -2.14. The van der Waals surface area contributed by atoms with Gasteiger partial charge in [0.1, 0.15) is 11.5 Å². The summed E-state index contributed by atoms with van der Waals surface area (Å²) >= 11 is 5.70. The van der Waals surface area contributed by atoms with Gasteiger partial charge in [-0.05, 0) is 19.1 Å². The number of anilines is 1. The van der Waals surface area contributed by atoms with Crippen molar-refractivity contribution in [1.29, 1.82) is 0 Å². The lowest BCUT2D eigenvalue weighted by atomic mass is 10.3. The van der Waals surface area contributed by atoms with Crippen molar-refractivity contribution in [2.24, 2.45) is 0 Å². The number of hydrogen-bond acceptors (Lipinski definition) is 4. The van der Waals surface area contributed by atoms with Crippen molar-refractivity contribution in [3.8, 4) is 0 Å². The van der Waals surface area contributed by atoms with Crippen molar-refractivity contribution < 1.29 is 4.79 Å². The third-order valence-electron chi connectivity index (χ3n) is 1.93. The average molecular weight is 238 g/mol. The Morgan fingerprint density at radius 3 is 2.94 bits per heavy atom. The number of pyridine rings is 1. The summed E-state index contributed by atoms with van der Waals surface area (Å²) in [6.07, 6.45) is 1.27. The molecule has 16 heavy (non-hydrogen) atoms. The molecule has 0 unspecified atom stereocenters. The van der Waals surface area contributed by atoms with Crippen LogP contribution >= 0.6 is 11.6 Å². The van der Waals surface area contributed by atoms with Crippen molar-refractivity contribution >= 4 is 23.2 Å². The van der Waals surface area contributed by atoms with Gasteiger partial charge in [0.05, 0.1) is 11.4 Å². The standard InChI is InChI=1S/C9H8ClN5O/c1-5-6(2-3-7(10)13-5)14-9(16)8-11-4-12-15-8/h2-4H,1H3,(H,14,16)(H,11,12,15). The Hall–Kier alpha value is -1.95. The highest BCUT2D eigenvalue weighted by Gasteiger charge is 2.10.